The highest BCUT2D eigenvalue weighted by Gasteiger charge is 2.59. The second-order valence-electron chi connectivity index (χ2n) is 3.64. The summed E-state index contributed by atoms with van der Waals surface area (Å²) < 4.78 is 0. The Morgan fingerprint density at radius 1 is 1.60 bits per heavy atom. The largest absolute Gasteiger partial charge is 0.395 e. The number of rotatable bonds is 2. The van der Waals surface area contributed by atoms with Gasteiger partial charge in [-0.2, -0.15) is 0 Å². The Morgan fingerprint density at radius 2 is 2.00 bits per heavy atom. The average molecular weight is 145 g/mol. The molecule has 10 heavy (non-hydrogen) atoms. The Bertz CT molecular complexity index is 136. The lowest BCUT2D eigenvalue weighted by Gasteiger charge is -2.07. The van der Waals surface area contributed by atoms with Crippen molar-refractivity contribution in [3.05, 3.63) is 0 Å². The van der Waals surface area contributed by atoms with Gasteiger partial charge in [-0.05, 0) is 5.41 Å². The first-order valence-electron chi connectivity index (χ1n) is 3.56. The van der Waals surface area contributed by atoms with E-state index in [1.807, 2.05) is 13.8 Å². The van der Waals surface area contributed by atoms with Crippen LogP contribution >= 0.6 is 0 Å². The summed E-state index contributed by atoms with van der Waals surface area (Å²) in [6, 6.07) is -0.259. The minimum Gasteiger partial charge on any atom is -0.395 e. The molecule has 1 aliphatic rings. The van der Waals surface area contributed by atoms with E-state index in [0.717, 1.165) is 0 Å². The number of aliphatic hydroxyl groups is 2. The zero-order valence-electron chi connectivity index (χ0n) is 6.41. The second-order valence-corrected chi connectivity index (χ2v) is 3.64. The maximum Gasteiger partial charge on any atom is 0.0645 e. The molecule has 0 spiro atoms. The minimum atomic E-state index is -0.324. The lowest BCUT2D eigenvalue weighted by Crippen LogP contribution is -2.29. The summed E-state index contributed by atoms with van der Waals surface area (Å²) in [5, 5.41) is 17.9. The van der Waals surface area contributed by atoms with Crippen LogP contribution in [0.5, 0.6) is 0 Å². The zero-order chi connectivity index (χ0) is 7.94. The van der Waals surface area contributed by atoms with Crippen molar-refractivity contribution in [3.8, 4) is 0 Å². The van der Waals surface area contributed by atoms with Crippen LogP contribution < -0.4 is 5.73 Å². The molecule has 1 saturated carbocycles. The molecule has 3 atom stereocenters. The van der Waals surface area contributed by atoms with Gasteiger partial charge in [0.15, 0.2) is 0 Å². The van der Waals surface area contributed by atoms with Crippen LogP contribution in [0.15, 0.2) is 0 Å². The van der Waals surface area contributed by atoms with Gasteiger partial charge in [0.2, 0.25) is 0 Å². The average Bonchev–Trinajstić information content (AvgIpc) is 2.33. The van der Waals surface area contributed by atoms with Crippen molar-refractivity contribution in [2.75, 3.05) is 6.61 Å². The van der Waals surface area contributed by atoms with E-state index in [9.17, 15) is 5.11 Å². The zero-order valence-corrected chi connectivity index (χ0v) is 6.41. The first-order valence-corrected chi connectivity index (χ1v) is 3.56. The number of hydrogen-bond acceptors (Lipinski definition) is 3. The van der Waals surface area contributed by atoms with Crippen molar-refractivity contribution in [2.24, 2.45) is 17.1 Å². The van der Waals surface area contributed by atoms with Gasteiger partial charge < -0.3 is 15.9 Å². The van der Waals surface area contributed by atoms with Crippen molar-refractivity contribution >= 4 is 0 Å². The van der Waals surface area contributed by atoms with Gasteiger partial charge in [-0.3, -0.25) is 0 Å². The number of nitrogens with two attached hydrogens (primary N) is 1. The number of hydrogen-bond donors (Lipinski definition) is 3. The first-order chi connectivity index (χ1) is 4.51. The van der Waals surface area contributed by atoms with Crippen LogP contribution in [0.1, 0.15) is 13.8 Å². The van der Waals surface area contributed by atoms with Crippen LogP contribution in [0.4, 0.5) is 0 Å². The molecular weight excluding hydrogens is 130 g/mol. The molecule has 0 aromatic heterocycles. The van der Waals surface area contributed by atoms with Crippen molar-refractivity contribution in [2.45, 2.75) is 26.0 Å². The molecule has 0 heterocycles. The summed E-state index contributed by atoms with van der Waals surface area (Å²) >= 11 is 0. The highest BCUT2D eigenvalue weighted by molar-refractivity contribution is 5.09. The molecular formula is C7H15NO2. The summed E-state index contributed by atoms with van der Waals surface area (Å²) in [5.74, 6) is 0.0810. The molecule has 0 amide bonds. The summed E-state index contributed by atoms with van der Waals surface area (Å²) in [4.78, 5) is 0. The molecule has 1 aliphatic carbocycles. The van der Waals surface area contributed by atoms with E-state index in [0.29, 0.717) is 0 Å². The van der Waals surface area contributed by atoms with E-state index < -0.39 is 0 Å². The summed E-state index contributed by atoms with van der Waals surface area (Å²) in [6.07, 6.45) is -0.324. The molecule has 0 bridgehead atoms. The maximum absolute atomic E-state index is 9.26. The van der Waals surface area contributed by atoms with E-state index in [1.54, 1.807) is 0 Å². The quantitative estimate of drug-likeness (QED) is 0.482. The molecule has 60 valence electrons. The van der Waals surface area contributed by atoms with Crippen molar-refractivity contribution in [3.63, 3.8) is 0 Å². The predicted octanol–water partition coefficient (Wildman–Crippen LogP) is -0.677. The van der Waals surface area contributed by atoms with Gasteiger partial charge in [0.25, 0.3) is 0 Å². The standard InChI is InChI=1S/C7H15NO2/c1-7(2)5(6(7)10)4(8)3-9/h4-6,9-10H,3,8H2,1-2H3/t4?,5-,6+/m1/s1. The Labute approximate surface area is 60.9 Å². The third-order valence-corrected chi connectivity index (χ3v) is 2.52. The molecule has 1 rings (SSSR count). The van der Waals surface area contributed by atoms with Crippen LogP contribution in [0, 0.1) is 11.3 Å². The third kappa shape index (κ3) is 0.944. The van der Waals surface area contributed by atoms with Crippen LogP contribution in [-0.2, 0) is 0 Å². The van der Waals surface area contributed by atoms with Crippen molar-refractivity contribution < 1.29 is 10.2 Å². The van der Waals surface area contributed by atoms with E-state index in [1.165, 1.54) is 0 Å². The molecule has 4 N–H and O–H groups in total. The summed E-state index contributed by atoms with van der Waals surface area (Å²) in [5.41, 5.74) is 5.45. The van der Waals surface area contributed by atoms with Gasteiger partial charge in [-0.15, -0.1) is 0 Å². The van der Waals surface area contributed by atoms with E-state index >= 15 is 0 Å². The van der Waals surface area contributed by atoms with E-state index in [-0.39, 0.29) is 30.1 Å². The monoisotopic (exact) mass is 145 g/mol. The highest BCUT2D eigenvalue weighted by atomic mass is 16.3. The first kappa shape index (κ1) is 7.98. The Balaban J connectivity index is 2.48. The molecule has 0 aliphatic heterocycles. The maximum atomic E-state index is 9.26. The number of aliphatic hydroxyl groups excluding tert-OH is 2. The van der Waals surface area contributed by atoms with E-state index in [4.69, 9.17) is 10.8 Å². The van der Waals surface area contributed by atoms with Gasteiger partial charge in [-0.25, -0.2) is 0 Å². The Morgan fingerprint density at radius 3 is 2.10 bits per heavy atom. The van der Waals surface area contributed by atoms with Gasteiger partial charge >= 0.3 is 0 Å². The van der Waals surface area contributed by atoms with E-state index in [2.05, 4.69) is 0 Å². The second kappa shape index (κ2) is 2.19. The van der Waals surface area contributed by atoms with Crippen molar-refractivity contribution in [1.29, 1.82) is 0 Å². The smallest absolute Gasteiger partial charge is 0.0645 e. The predicted molar refractivity (Wildman–Crippen MR) is 38.3 cm³/mol. The fourth-order valence-corrected chi connectivity index (χ4v) is 1.55. The minimum absolute atomic E-state index is 0.0366. The third-order valence-electron chi connectivity index (χ3n) is 2.52. The molecule has 3 heteroatoms. The SMILES string of the molecule is CC1(C)[C@H](C(N)CO)[C@@H]1O. The van der Waals surface area contributed by atoms with Crippen molar-refractivity contribution in [1.82, 2.24) is 0 Å². The fourth-order valence-electron chi connectivity index (χ4n) is 1.55. The van der Waals surface area contributed by atoms with Gasteiger partial charge in [0.05, 0.1) is 12.7 Å². The molecule has 0 radical (unpaired) electrons. The molecule has 3 nitrogen and oxygen atoms in total. The van der Waals surface area contributed by atoms with Crippen LogP contribution in [0.3, 0.4) is 0 Å². The summed E-state index contributed by atoms with van der Waals surface area (Å²) in [6.45, 7) is 3.88. The van der Waals surface area contributed by atoms with Gasteiger partial charge in [0.1, 0.15) is 0 Å². The topological polar surface area (TPSA) is 66.5 Å². The molecule has 1 unspecified atom stereocenters. The molecule has 0 aromatic rings. The van der Waals surface area contributed by atoms with Crippen LogP contribution in [0.25, 0.3) is 0 Å². The van der Waals surface area contributed by atoms with Crippen LogP contribution in [0.2, 0.25) is 0 Å². The van der Waals surface area contributed by atoms with Gasteiger partial charge in [-0.1, -0.05) is 13.8 Å². The Hall–Kier alpha value is -0.120. The molecule has 0 aromatic carbocycles. The van der Waals surface area contributed by atoms with Gasteiger partial charge in [0, 0.05) is 12.0 Å². The molecule has 1 fully saturated rings. The summed E-state index contributed by atoms with van der Waals surface area (Å²) in [7, 11) is 0. The highest BCUT2D eigenvalue weighted by Crippen LogP contribution is 2.53. The molecule has 0 saturated heterocycles. The lowest BCUT2D eigenvalue weighted by atomic mass is 10.1. The lowest BCUT2D eigenvalue weighted by molar-refractivity contribution is 0.209. The Kier molecular flexibility index (Phi) is 1.75. The fraction of sp³-hybridized carbons (Fsp3) is 1.00. The van der Waals surface area contributed by atoms with Crippen LogP contribution in [-0.4, -0.2) is 29.0 Å². The normalized spacial score (nSPS) is 39.3.